The van der Waals surface area contributed by atoms with E-state index in [0.29, 0.717) is 11.6 Å². The van der Waals surface area contributed by atoms with Crippen LogP contribution in [0.5, 0.6) is 0 Å². The summed E-state index contributed by atoms with van der Waals surface area (Å²) in [4.78, 5) is 12.4. The Morgan fingerprint density at radius 1 is 1.26 bits per heavy atom. The number of hydrogen-bond donors (Lipinski definition) is 2. The molecule has 1 amide bonds. The van der Waals surface area contributed by atoms with Gasteiger partial charge < -0.3 is 11.1 Å². The Hall–Kier alpha value is -2.82. The number of nitrogens with two attached hydrogens (primary N) is 1. The lowest BCUT2D eigenvalue weighted by molar-refractivity contribution is -0.116. The maximum absolute atomic E-state index is 12.4. The first kappa shape index (κ1) is 15.1. The third-order valence-electron chi connectivity index (χ3n) is 3.82. The Labute approximate surface area is 135 Å². The number of nitrogens with zero attached hydrogens (tertiary/aromatic N) is 2. The highest BCUT2D eigenvalue weighted by Gasteiger charge is 2.11. The highest BCUT2D eigenvalue weighted by Crippen LogP contribution is 2.24. The minimum atomic E-state index is -0.106. The lowest BCUT2D eigenvalue weighted by Crippen LogP contribution is -2.20. The molecule has 1 heterocycles. The molecule has 3 aromatic rings. The van der Waals surface area contributed by atoms with Crippen molar-refractivity contribution in [1.29, 1.82) is 0 Å². The number of hydrogen-bond acceptors (Lipinski definition) is 3. The molecule has 0 radical (unpaired) electrons. The van der Waals surface area contributed by atoms with E-state index in [4.69, 9.17) is 5.73 Å². The molecular formula is C18H20N4O. The maximum Gasteiger partial charge on any atom is 0.246 e. The zero-order chi connectivity index (χ0) is 16.4. The van der Waals surface area contributed by atoms with Crippen LogP contribution in [0.25, 0.3) is 10.9 Å². The normalized spacial score (nSPS) is 11.1. The van der Waals surface area contributed by atoms with Crippen LogP contribution in [0.3, 0.4) is 0 Å². The second kappa shape index (κ2) is 6.12. The van der Waals surface area contributed by atoms with Gasteiger partial charge in [-0.05, 0) is 35.7 Å². The smallest absolute Gasteiger partial charge is 0.246 e. The molecule has 1 aromatic heterocycles. The number of anilines is 2. The molecule has 0 atom stereocenters. The predicted molar refractivity (Wildman–Crippen MR) is 93.3 cm³/mol. The van der Waals surface area contributed by atoms with Gasteiger partial charge in [0, 0.05) is 16.8 Å². The highest BCUT2D eigenvalue weighted by atomic mass is 16.2. The van der Waals surface area contributed by atoms with Crippen molar-refractivity contribution in [1.82, 2.24) is 9.78 Å². The second-order valence-corrected chi connectivity index (χ2v) is 5.91. The molecule has 0 unspecified atom stereocenters. The van der Waals surface area contributed by atoms with E-state index in [-0.39, 0.29) is 12.5 Å². The maximum atomic E-state index is 12.4. The molecule has 0 spiro atoms. The third kappa shape index (κ3) is 3.18. The Balaban J connectivity index is 1.81. The van der Waals surface area contributed by atoms with E-state index in [9.17, 15) is 4.79 Å². The number of nitrogen functional groups attached to an aromatic ring is 1. The molecule has 0 bridgehead atoms. The van der Waals surface area contributed by atoms with E-state index < -0.39 is 0 Å². The molecule has 2 aromatic carbocycles. The molecule has 3 N–H and O–H groups in total. The summed E-state index contributed by atoms with van der Waals surface area (Å²) >= 11 is 0. The number of para-hydroxylation sites is 1. The third-order valence-corrected chi connectivity index (χ3v) is 3.82. The summed E-state index contributed by atoms with van der Waals surface area (Å²) in [6.45, 7) is 4.36. The van der Waals surface area contributed by atoms with E-state index in [0.717, 1.165) is 22.2 Å². The molecule has 0 aliphatic heterocycles. The van der Waals surface area contributed by atoms with Gasteiger partial charge in [0.1, 0.15) is 6.54 Å². The molecule has 23 heavy (non-hydrogen) atoms. The van der Waals surface area contributed by atoms with E-state index in [1.54, 1.807) is 10.9 Å². The monoisotopic (exact) mass is 308 g/mol. The zero-order valence-corrected chi connectivity index (χ0v) is 13.3. The van der Waals surface area contributed by atoms with Crippen LogP contribution in [0.15, 0.2) is 48.7 Å². The van der Waals surface area contributed by atoms with E-state index >= 15 is 0 Å². The van der Waals surface area contributed by atoms with Crippen LogP contribution >= 0.6 is 0 Å². The first-order valence-electron chi connectivity index (χ1n) is 7.64. The Morgan fingerprint density at radius 3 is 2.83 bits per heavy atom. The van der Waals surface area contributed by atoms with Crippen molar-refractivity contribution < 1.29 is 4.79 Å². The summed E-state index contributed by atoms with van der Waals surface area (Å²) in [5.41, 5.74) is 9.30. The number of aromatic nitrogens is 2. The first-order valence-corrected chi connectivity index (χ1v) is 7.64. The lowest BCUT2D eigenvalue weighted by Gasteiger charge is -2.13. The molecule has 5 nitrogen and oxygen atoms in total. The summed E-state index contributed by atoms with van der Waals surface area (Å²) in [7, 11) is 0. The van der Waals surface area contributed by atoms with Crippen LogP contribution in [0, 0.1) is 0 Å². The van der Waals surface area contributed by atoms with Gasteiger partial charge in [0.2, 0.25) is 5.91 Å². The number of rotatable bonds is 4. The van der Waals surface area contributed by atoms with Crippen molar-refractivity contribution in [3.05, 3.63) is 54.2 Å². The van der Waals surface area contributed by atoms with Crippen LogP contribution < -0.4 is 11.1 Å². The van der Waals surface area contributed by atoms with Gasteiger partial charge in [-0.3, -0.25) is 9.48 Å². The largest absolute Gasteiger partial charge is 0.399 e. The Bertz CT molecular complexity index is 851. The molecule has 118 valence electrons. The average molecular weight is 308 g/mol. The van der Waals surface area contributed by atoms with Crippen LogP contribution in [-0.2, 0) is 11.3 Å². The van der Waals surface area contributed by atoms with Crippen LogP contribution in [0.2, 0.25) is 0 Å². The van der Waals surface area contributed by atoms with Gasteiger partial charge in [-0.1, -0.05) is 32.0 Å². The number of carbonyl (C=O) groups is 1. The fourth-order valence-electron chi connectivity index (χ4n) is 2.65. The van der Waals surface area contributed by atoms with Gasteiger partial charge in [0.15, 0.2) is 0 Å². The SMILES string of the molecule is CC(C)c1ccccc1NC(=O)Cn1ncc2ccc(N)cc21. The molecule has 0 fully saturated rings. The van der Waals surface area contributed by atoms with Gasteiger partial charge in [0.25, 0.3) is 0 Å². The molecular weight excluding hydrogens is 288 g/mol. The van der Waals surface area contributed by atoms with Crippen LogP contribution in [0.4, 0.5) is 11.4 Å². The van der Waals surface area contributed by atoms with Crippen molar-refractivity contribution in [2.75, 3.05) is 11.1 Å². The van der Waals surface area contributed by atoms with Crippen molar-refractivity contribution in [3.63, 3.8) is 0 Å². The summed E-state index contributed by atoms with van der Waals surface area (Å²) in [6.07, 6.45) is 1.74. The van der Waals surface area contributed by atoms with Gasteiger partial charge in [0.05, 0.1) is 11.7 Å². The minimum absolute atomic E-state index is 0.106. The average Bonchev–Trinajstić information content (AvgIpc) is 2.90. The van der Waals surface area contributed by atoms with Crippen molar-refractivity contribution in [2.24, 2.45) is 0 Å². The fourth-order valence-corrected chi connectivity index (χ4v) is 2.65. The van der Waals surface area contributed by atoms with Crippen molar-refractivity contribution >= 4 is 28.2 Å². The molecule has 5 heteroatoms. The number of amides is 1. The summed E-state index contributed by atoms with van der Waals surface area (Å²) < 4.78 is 1.67. The number of carbonyl (C=O) groups excluding carboxylic acids is 1. The number of nitrogens with one attached hydrogen (secondary N) is 1. The topological polar surface area (TPSA) is 72.9 Å². The molecule has 0 saturated carbocycles. The highest BCUT2D eigenvalue weighted by molar-refractivity contribution is 5.92. The summed E-state index contributed by atoms with van der Waals surface area (Å²) in [5, 5.41) is 8.22. The Morgan fingerprint density at radius 2 is 2.04 bits per heavy atom. The number of fused-ring (bicyclic) bond motifs is 1. The van der Waals surface area contributed by atoms with Crippen molar-refractivity contribution in [3.8, 4) is 0 Å². The Kier molecular flexibility index (Phi) is 4.02. The molecule has 0 aliphatic rings. The molecule has 3 rings (SSSR count). The van der Waals surface area contributed by atoms with E-state index in [2.05, 4.69) is 24.3 Å². The van der Waals surface area contributed by atoms with E-state index in [1.165, 1.54) is 0 Å². The van der Waals surface area contributed by atoms with E-state index in [1.807, 2.05) is 42.5 Å². The first-order chi connectivity index (χ1) is 11.0. The lowest BCUT2D eigenvalue weighted by atomic mass is 10.0. The van der Waals surface area contributed by atoms with Gasteiger partial charge in [-0.25, -0.2) is 0 Å². The minimum Gasteiger partial charge on any atom is -0.399 e. The van der Waals surface area contributed by atoms with Crippen LogP contribution in [-0.4, -0.2) is 15.7 Å². The summed E-state index contributed by atoms with van der Waals surface area (Å²) in [5.74, 6) is 0.238. The van der Waals surface area contributed by atoms with Gasteiger partial charge in [-0.15, -0.1) is 0 Å². The quantitative estimate of drug-likeness (QED) is 0.726. The molecule has 0 aliphatic carbocycles. The van der Waals surface area contributed by atoms with Gasteiger partial charge >= 0.3 is 0 Å². The molecule has 0 saturated heterocycles. The van der Waals surface area contributed by atoms with Crippen LogP contribution in [0.1, 0.15) is 25.3 Å². The summed E-state index contributed by atoms with van der Waals surface area (Å²) in [6, 6.07) is 13.4. The zero-order valence-electron chi connectivity index (χ0n) is 13.3. The standard InChI is InChI=1S/C18H20N4O/c1-12(2)15-5-3-4-6-16(15)21-18(23)11-22-17-9-14(19)8-7-13(17)10-20-22/h3-10,12H,11,19H2,1-2H3,(H,21,23). The fraction of sp³-hybridized carbons (Fsp3) is 0.222. The van der Waals surface area contributed by atoms with Gasteiger partial charge in [-0.2, -0.15) is 5.10 Å². The van der Waals surface area contributed by atoms with Crippen molar-refractivity contribution in [2.45, 2.75) is 26.3 Å². The predicted octanol–water partition coefficient (Wildman–Crippen LogP) is 3.38. The number of benzene rings is 2. The second-order valence-electron chi connectivity index (χ2n) is 5.91.